The Kier molecular flexibility index (Phi) is 18.0. The summed E-state index contributed by atoms with van der Waals surface area (Å²) in [4.78, 5) is 0. The molecule has 6 rings (SSSR count). The van der Waals surface area contributed by atoms with Gasteiger partial charge in [0.25, 0.3) is 0 Å². The summed E-state index contributed by atoms with van der Waals surface area (Å²) in [6.07, 6.45) is -44.3. The maximum absolute atomic E-state index is 11.5. The highest BCUT2D eigenvalue weighted by Crippen LogP contribution is 2.36. The lowest BCUT2D eigenvalue weighted by atomic mass is 9.94. The molecule has 0 unspecified atom stereocenters. The number of aliphatic hydroxyl groups is 16. The molecule has 0 aromatic rings. The molecule has 0 radical (unpaired) electrons. The van der Waals surface area contributed by atoms with Crippen LogP contribution in [0.3, 0.4) is 0 Å². The monoisotopic (exact) mass is 939 g/mol. The van der Waals surface area contributed by atoms with E-state index in [9.17, 15) is 81.7 Å². The van der Waals surface area contributed by atoms with E-state index in [0.29, 0.717) is 0 Å². The van der Waals surface area contributed by atoms with Crippen LogP contribution in [0.1, 0.15) is 6.92 Å². The Bertz CT molecular complexity index is 1470. The van der Waals surface area contributed by atoms with Crippen molar-refractivity contribution in [3.8, 4) is 0 Å². The Balaban J connectivity index is 1.18. The predicted molar refractivity (Wildman–Crippen MR) is 197 cm³/mol. The van der Waals surface area contributed by atoms with E-state index in [1.807, 2.05) is 0 Å². The number of hydrogen-bond acceptors (Lipinski definition) is 28. The summed E-state index contributed by atoms with van der Waals surface area (Å²) in [5.74, 6) is 0. The topological polar surface area (TPSA) is 451 Å². The fourth-order valence-electron chi connectivity index (χ4n) is 8.20. The van der Waals surface area contributed by atoms with Crippen LogP contribution >= 0.6 is 0 Å². The Morgan fingerprint density at radius 3 is 1.45 bits per heavy atom. The molecule has 0 bridgehead atoms. The zero-order valence-corrected chi connectivity index (χ0v) is 34.1. The Hall–Kier alpha value is -1.54. The summed E-state index contributed by atoms with van der Waals surface area (Å²) in [5, 5.41) is 170. The number of ether oxygens (including phenoxy) is 11. The smallest absolute Gasteiger partial charge is 0.187 e. The molecule has 28 nitrogen and oxygen atoms in total. The fourth-order valence-corrected chi connectivity index (χ4v) is 8.20. The molecule has 6 aliphatic heterocycles. The van der Waals surface area contributed by atoms with E-state index in [0.717, 1.165) is 6.26 Å². The highest BCUT2D eigenvalue weighted by atomic mass is 16.8. The summed E-state index contributed by atoms with van der Waals surface area (Å²) in [6, 6.07) is -1.70. The Morgan fingerprint density at radius 2 is 0.828 bits per heavy atom. The molecule has 0 saturated carbocycles. The first-order valence-electron chi connectivity index (χ1n) is 20.6. The first-order chi connectivity index (χ1) is 30.4. The molecule has 28 atom stereocenters. The van der Waals surface area contributed by atoms with Crippen LogP contribution in [0, 0.1) is 0 Å². The van der Waals surface area contributed by atoms with Gasteiger partial charge < -0.3 is 140 Å². The van der Waals surface area contributed by atoms with E-state index in [1.54, 1.807) is 0 Å². The van der Waals surface area contributed by atoms with Crippen LogP contribution in [0.15, 0.2) is 12.3 Å². The minimum Gasteiger partial charge on any atom is -0.493 e. The van der Waals surface area contributed by atoms with Crippen LogP contribution in [0.5, 0.6) is 0 Å². The molecular formula is C36H61NO27. The minimum atomic E-state index is -2.10. The van der Waals surface area contributed by atoms with Crippen molar-refractivity contribution < 1.29 is 134 Å². The summed E-state index contributed by atoms with van der Waals surface area (Å²) in [5.41, 5.74) is 6.48. The molecule has 0 amide bonds. The summed E-state index contributed by atoms with van der Waals surface area (Å²) >= 11 is 0. The van der Waals surface area contributed by atoms with Gasteiger partial charge in [0.1, 0.15) is 128 Å². The predicted octanol–water partition coefficient (Wildman–Crippen LogP) is -11.3. The van der Waals surface area contributed by atoms with Crippen LogP contribution in [0.25, 0.3) is 0 Å². The molecule has 18 N–H and O–H groups in total. The van der Waals surface area contributed by atoms with Crippen molar-refractivity contribution in [1.29, 1.82) is 0 Å². The molecule has 372 valence electrons. The maximum Gasteiger partial charge on any atom is 0.187 e. The van der Waals surface area contributed by atoms with Gasteiger partial charge in [0.05, 0.1) is 51.4 Å². The number of aliphatic hydroxyl groups excluding tert-OH is 16. The fraction of sp³-hybridized carbons (Fsp3) is 0.944. The third-order valence-electron chi connectivity index (χ3n) is 12.0. The van der Waals surface area contributed by atoms with Crippen molar-refractivity contribution >= 4 is 0 Å². The lowest BCUT2D eigenvalue weighted by molar-refractivity contribution is -0.390. The van der Waals surface area contributed by atoms with Crippen molar-refractivity contribution in [3.05, 3.63) is 12.3 Å². The van der Waals surface area contributed by atoms with E-state index in [-0.39, 0.29) is 0 Å². The van der Waals surface area contributed by atoms with Crippen molar-refractivity contribution in [2.24, 2.45) is 5.73 Å². The van der Waals surface area contributed by atoms with Crippen molar-refractivity contribution in [3.63, 3.8) is 0 Å². The lowest BCUT2D eigenvalue weighted by Gasteiger charge is -2.50. The zero-order valence-electron chi connectivity index (χ0n) is 34.1. The summed E-state index contributed by atoms with van der Waals surface area (Å²) < 4.78 is 62.3. The molecule has 0 aliphatic carbocycles. The summed E-state index contributed by atoms with van der Waals surface area (Å²) in [7, 11) is 0. The van der Waals surface area contributed by atoms with Gasteiger partial charge in [-0.15, -0.1) is 0 Å². The molecule has 6 aliphatic rings. The lowest BCUT2D eigenvalue weighted by Crippen LogP contribution is -2.69. The van der Waals surface area contributed by atoms with Crippen LogP contribution in [0.2, 0.25) is 0 Å². The van der Waals surface area contributed by atoms with E-state index < -0.39 is 205 Å². The third-order valence-corrected chi connectivity index (χ3v) is 12.0. The molecule has 5 fully saturated rings. The highest BCUT2D eigenvalue weighted by Gasteiger charge is 2.57. The van der Waals surface area contributed by atoms with E-state index >= 15 is 0 Å². The van der Waals surface area contributed by atoms with Gasteiger partial charge in [-0.1, -0.05) is 0 Å². The average molecular weight is 940 g/mol. The average Bonchev–Trinajstić information content (AvgIpc) is 3.28. The number of nitrogens with two attached hydrogens (primary N) is 1. The van der Waals surface area contributed by atoms with E-state index in [1.165, 1.54) is 13.0 Å². The molecular weight excluding hydrogens is 878 g/mol. The number of rotatable bonds is 15. The standard InChI is InChI=1S/C36H61NO27/c1-9-17(44)21(48)24(51)33(55-9)64-31-22(49)18(45)11(4-38)58-36(31)62-29-16(37)32(56-12(5-39)19(29)46)63-30-20(47)13(6-40)57-35(26(30)53)61-28-15(8-42)59-34(25(52)23(28)50)60-27-10(43)2-3-54-14(27)7-41/h2-3,9-36,38-53H,4-8,37H2,1H3/t9-,10+,11+,12+,13+,14+,15+,16+,17+,18-,19-,20-,21+,22-,23+,24-,25+,26+,27-,28-,29+,30-,31+,32-,33-,34-,35-,36-/m0/s1. The van der Waals surface area contributed by atoms with Gasteiger partial charge in [0, 0.05) is 0 Å². The molecule has 0 aromatic carbocycles. The van der Waals surface area contributed by atoms with Gasteiger partial charge in [-0.05, 0) is 13.0 Å². The van der Waals surface area contributed by atoms with Gasteiger partial charge in [0.2, 0.25) is 0 Å². The van der Waals surface area contributed by atoms with Gasteiger partial charge in [-0.25, -0.2) is 0 Å². The molecule has 64 heavy (non-hydrogen) atoms. The largest absolute Gasteiger partial charge is 0.493 e. The second-order valence-corrected chi connectivity index (χ2v) is 16.3. The van der Waals surface area contributed by atoms with Gasteiger partial charge >= 0.3 is 0 Å². The number of hydrogen-bond donors (Lipinski definition) is 17. The first kappa shape index (κ1) is 51.8. The van der Waals surface area contributed by atoms with Gasteiger partial charge in [0.15, 0.2) is 31.5 Å². The first-order valence-corrected chi connectivity index (χ1v) is 20.6. The van der Waals surface area contributed by atoms with Crippen LogP contribution in [-0.2, 0) is 52.1 Å². The molecule has 28 heteroatoms. The van der Waals surface area contributed by atoms with E-state index in [2.05, 4.69) is 0 Å². The highest BCUT2D eigenvalue weighted by molar-refractivity contribution is 5.01. The van der Waals surface area contributed by atoms with Crippen molar-refractivity contribution in [2.75, 3.05) is 33.0 Å². The Morgan fingerprint density at radius 1 is 0.391 bits per heavy atom. The third kappa shape index (κ3) is 10.5. The van der Waals surface area contributed by atoms with Crippen molar-refractivity contribution in [1.82, 2.24) is 0 Å². The normalized spacial score (nSPS) is 52.6. The molecule has 6 heterocycles. The zero-order chi connectivity index (χ0) is 46.9. The quantitative estimate of drug-likeness (QED) is 0.0725. The van der Waals surface area contributed by atoms with Gasteiger partial charge in [-0.2, -0.15) is 0 Å². The van der Waals surface area contributed by atoms with E-state index in [4.69, 9.17) is 57.8 Å². The maximum atomic E-state index is 11.5. The Labute approximate surface area is 363 Å². The molecule has 0 aromatic heterocycles. The van der Waals surface area contributed by atoms with Gasteiger partial charge in [-0.3, -0.25) is 0 Å². The van der Waals surface area contributed by atoms with Crippen LogP contribution in [-0.4, -0.2) is 287 Å². The van der Waals surface area contributed by atoms with Crippen LogP contribution < -0.4 is 5.73 Å². The summed E-state index contributed by atoms with van der Waals surface area (Å²) in [6.45, 7) is -2.96. The molecule has 5 saturated heterocycles. The second kappa shape index (κ2) is 22.3. The molecule has 0 spiro atoms. The van der Waals surface area contributed by atoms with Crippen LogP contribution in [0.4, 0.5) is 0 Å². The minimum absolute atomic E-state index is 0.623. The van der Waals surface area contributed by atoms with Crippen molar-refractivity contribution in [2.45, 2.75) is 179 Å². The SMILES string of the molecule is C[C@@H]1O[C@@H](O[C@H]2[C@H](O[C@@H]3[C@@H](N)[C@H](O[C@H]4[C@@H](O)[C@@H](CO)O[C@@H](O[C@@H]5[C@H](O)[C@@H](O)[C@H](O[C@H]6[C@H](O)C=CO[C@@H]6CO)O[C@@H]5CO)[C@@H]4O)O[C@H](CO)[C@@H]3O)O[C@H](CO)[C@H](O)[C@@H]2O)[C@@H](O)[C@H](O)[C@@H]1O. The second-order valence-electron chi connectivity index (χ2n) is 16.3.